The normalized spacial score (nSPS) is 15.9. The fraction of sp³-hybridized carbons (Fsp3) is 0.417. The van der Waals surface area contributed by atoms with Crippen molar-refractivity contribution in [3.05, 3.63) is 27.7 Å². The van der Waals surface area contributed by atoms with Gasteiger partial charge in [-0.05, 0) is 24.6 Å². The second-order valence-corrected chi connectivity index (χ2v) is 7.66. The van der Waals surface area contributed by atoms with Gasteiger partial charge in [-0.15, -0.1) is 0 Å². The van der Waals surface area contributed by atoms with Gasteiger partial charge in [0, 0.05) is 17.1 Å². The molecule has 0 amide bonds. The zero-order valence-electron chi connectivity index (χ0n) is 10.1. The molecule has 1 unspecified atom stereocenters. The van der Waals surface area contributed by atoms with Crippen LogP contribution in [0.4, 0.5) is 0 Å². The van der Waals surface area contributed by atoms with Crippen LogP contribution in [0, 0.1) is 0 Å². The second-order valence-electron chi connectivity index (χ2n) is 4.38. The number of benzene rings is 1. The molecule has 1 atom stereocenters. The standard InChI is InChI=1S/C12H13BrO4S/c1-7(18(2,15)16)11(14)10-6-9(13)5-8-3-4-17-12(8)10/h5-7H,3-4H2,1-2H3. The van der Waals surface area contributed by atoms with E-state index in [2.05, 4.69) is 15.9 Å². The van der Waals surface area contributed by atoms with Crippen LogP contribution in [-0.2, 0) is 16.3 Å². The molecule has 0 aliphatic carbocycles. The molecule has 0 fully saturated rings. The molecule has 0 aromatic heterocycles. The molecule has 1 aliphatic rings. The number of hydrogen-bond donors (Lipinski definition) is 0. The first-order valence-electron chi connectivity index (χ1n) is 5.49. The van der Waals surface area contributed by atoms with Crippen molar-refractivity contribution in [3.63, 3.8) is 0 Å². The minimum absolute atomic E-state index is 0.342. The largest absolute Gasteiger partial charge is 0.492 e. The SMILES string of the molecule is CC(C(=O)c1cc(Br)cc2c1OCC2)S(C)(=O)=O. The first-order chi connectivity index (χ1) is 8.30. The average molecular weight is 333 g/mol. The highest BCUT2D eigenvalue weighted by molar-refractivity contribution is 9.10. The Hall–Kier alpha value is -0.880. The first-order valence-corrected chi connectivity index (χ1v) is 8.24. The number of carbonyl (C=O) groups is 1. The average Bonchev–Trinajstić information content (AvgIpc) is 2.72. The van der Waals surface area contributed by atoms with E-state index in [0.29, 0.717) is 17.9 Å². The predicted molar refractivity (Wildman–Crippen MR) is 72.0 cm³/mol. The van der Waals surface area contributed by atoms with E-state index in [1.807, 2.05) is 6.07 Å². The zero-order valence-corrected chi connectivity index (χ0v) is 12.5. The summed E-state index contributed by atoms with van der Waals surface area (Å²) in [5.41, 5.74) is 1.28. The van der Waals surface area contributed by atoms with Crippen LogP contribution in [-0.4, -0.2) is 32.3 Å². The van der Waals surface area contributed by atoms with E-state index in [1.54, 1.807) is 6.07 Å². The quantitative estimate of drug-likeness (QED) is 0.794. The molecule has 1 heterocycles. The maximum Gasteiger partial charge on any atom is 0.184 e. The Balaban J connectivity index is 2.49. The lowest BCUT2D eigenvalue weighted by molar-refractivity contribution is 0.0988. The van der Waals surface area contributed by atoms with Crippen molar-refractivity contribution in [1.29, 1.82) is 0 Å². The number of ketones is 1. The van der Waals surface area contributed by atoms with Crippen LogP contribution in [0.1, 0.15) is 22.8 Å². The number of halogens is 1. The van der Waals surface area contributed by atoms with Gasteiger partial charge < -0.3 is 4.74 Å². The number of ether oxygens (including phenoxy) is 1. The number of sulfone groups is 1. The van der Waals surface area contributed by atoms with Crippen LogP contribution in [0.5, 0.6) is 5.75 Å². The molecule has 1 aromatic rings. The van der Waals surface area contributed by atoms with Gasteiger partial charge in [-0.1, -0.05) is 15.9 Å². The summed E-state index contributed by atoms with van der Waals surface area (Å²) in [5, 5.41) is -1.06. The molecule has 4 nitrogen and oxygen atoms in total. The van der Waals surface area contributed by atoms with Gasteiger partial charge >= 0.3 is 0 Å². The molecular formula is C12H13BrO4S. The Morgan fingerprint density at radius 2 is 2.11 bits per heavy atom. The molecule has 1 aromatic carbocycles. The van der Waals surface area contributed by atoms with E-state index in [9.17, 15) is 13.2 Å². The highest BCUT2D eigenvalue weighted by Crippen LogP contribution is 2.34. The van der Waals surface area contributed by atoms with Gasteiger partial charge in [-0.25, -0.2) is 8.42 Å². The van der Waals surface area contributed by atoms with E-state index in [4.69, 9.17) is 4.74 Å². The summed E-state index contributed by atoms with van der Waals surface area (Å²) in [6.45, 7) is 1.93. The third-order valence-electron chi connectivity index (χ3n) is 3.03. The lowest BCUT2D eigenvalue weighted by Gasteiger charge is -2.12. The van der Waals surface area contributed by atoms with Gasteiger partial charge in [-0.3, -0.25) is 4.79 Å². The van der Waals surface area contributed by atoms with Gasteiger partial charge in [0.15, 0.2) is 15.6 Å². The maximum absolute atomic E-state index is 12.2. The van der Waals surface area contributed by atoms with Gasteiger partial charge in [-0.2, -0.15) is 0 Å². The van der Waals surface area contributed by atoms with Gasteiger partial charge in [0.2, 0.25) is 0 Å². The number of rotatable bonds is 3. The molecule has 0 saturated heterocycles. The molecule has 0 saturated carbocycles. The Kier molecular flexibility index (Phi) is 3.51. The van der Waals surface area contributed by atoms with Crippen molar-refractivity contribution in [2.75, 3.05) is 12.9 Å². The lowest BCUT2D eigenvalue weighted by Crippen LogP contribution is -2.26. The molecule has 1 aliphatic heterocycles. The molecular weight excluding hydrogens is 320 g/mol. The minimum Gasteiger partial charge on any atom is -0.492 e. The molecule has 0 N–H and O–H groups in total. The number of fused-ring (bicyclic) bond motifs is 1. The third-order valence-corrected chi connectivity index (χ3v) is 4.98. The monoisotopic (exact) mass is 332 g/mol. The van der Waals surface area contributed by atoms with Gasteiger partial charge in [0.25, 0.3) is 0 Å². The van der Waals surface area contributed by atoms with E-state index in [0.717, 1.165) is 22.7 Å². The number of Topliss-reactive ketones (excluding diaryl/α,β-unsaturated/α-hetero) is 1. The van der Waals surface area contributed by atoms with Crippen molar-refractivity contribution < 1.29 is 17.9 Å². The van der Waals surface area contributed by atoms with Crippen LogP contribution >= 0.6 is 15.9 Å². The highest BCUT2D eigenvalue weighted by atomic mass is 79.9. The summed E-state index contributed by atoms with van der Waals surface area (Å²) in [5.74, 6) is 0.107. The first kappa shape index (κ1) is 13.5. The molecule has 2 rings (SSSR count). The molecule has 98 valence electrons. The number of hydrogen-bond acceptors (Lipinski definition) is 4. The molecule has 0 spiro atoms. The zero-order chi connectivity index (χ0) is 13.5. The molecule has 18 heavy (non-hydrogen) atoms. The maximum atomic E-state index is 12.2. The Morgan fingerprint density at radius 1 is 1.44 bits per heavy atom. The van der Waals surface area contributed by atoms with E-state index in [1.165, 1.54) is 6.92 Å². The van der Waals surface area contributed by atoms with Crippen molar-refractivity contribution in [2.24, 2.45) is 0 Å². The van der Waals surface area contributed by atoms with Crippen molar-refractivity contribution in [3.8, 4) is 5.75 Å². The summed E-state index contributed by atoms with van der Waals surface area (Å²) in [7, 11) is -3.40. The summed E-state index contributed by atoms with van der Waals surface area (Å²) in [6.07, 6.45) is 1.80. The topological polar surface area (TPSA) is 60.4 Å². The van der Waals surface area contributed by atoms with E-state index in [-0.39, 0.29) is 0 Å². The van der Waals surface area contributed by atoms with Crippen LogP contribution in [0.2, 0.25) is 0 Å². The minimum atomic E-state index is -3.40. The summed E-state index contributed by atoms with van der Waals surface area (Å²) < 4.78 is 29.1. The summed E-state index contributed by atoms with van der Waals surface area (Å²) in [4.78, 5) is 12.2. The Labute approximate surface area is 114 Å². The van der Waals surface area contributed by atoms with Gasteiger partial charge in [0.05, 0.1) is 12.2 Å². The molecule has 0 bridgehead atoms. The predicted octanol–water partition coefficient (Wildman–Crippen LogP) is 2.00. The summed E-state index contributed by atoms with van der Waals surface area (Å²) >= 11 is 3.33. The van der Waals surface area contributed by atoms with Crippen LogP contribution in [0.25, 0.3) is 0 Å². The second kappa shape index (κ2) is 4.66. The lowest BCUT2D eigenvalue weighted by atomic mass is 10.0. The molecule has 6 heteroatoms. The van der Waals surface area contributed by atoms with Crippen molar-refractivity contribution in [1.82, 2.24) is 0 Å². The third kappa shape index (κ3) is 2.44. The smallest absolute Gasteiger partial charge is 0.184 e. The fourth-order valence-corrected chi connectivity index (χ4v) is 2.89. The molecule has 0 radical (unpaired) electrons. The number of carbonyl (C=O) groups excluding carboxylic acids is 1. The van der Waals surface area contributed by atoms with Gasteiger partial charge in [0.1, 0.15) is 11.0 Å². The van der Waals surface area contributed by atoms with E-state index < -0.39 is 20.9 Å². The van der Waals surface area contributed by atoms with Crippen molar-refractivity contribution in [2.45, 2.75) is 18.6 Å². The fourth-order valence-electron chi connectivity index (χ4n) is 1.87. The van der Waals surface area contributed by atoms with Crippen LogP contribution in [0.3, 0.4) is 0 Å². The Morgan fingerprint density at radius 3 is 2.72 bits per heavy atom. The highest BCUT2D eigenvalue weighted by Gasteiger charge is 2.29. The summed E-state index contributed by atoms with van der Waals surface area (Å²) in [6, 6.07) is 3.51. The van der Waals surface area contributed by atoms with Crippen LogP contribution < -0.4 is 4.74 Å². The van der Waals surface area contributed by atoms with Crippen LogP contribution in [0.15, 0.2) is 16.6 Å². The van der Waals surface area contributed by atoms with Crippen molar-refractivity contribution >= 4 is 31.6 Å². The Bertz CT molecular complexity index is 607. The van der Waals surface area contributed by atoms with E-state index >= 15 is 0 Å².